The molecular weight excluding hydrogens is 266 g/mol. The van der Waals surface area contributed by atoms with Crippen LogP contribution in [0.5, 0.6) is 11.5 Å². The lowest BCUT2D eigenvalue weighted by Crippen LogP contribution is -2.33. The third-order valence-corrected chi connectivity index (χ3v) is 5.96. The molecule has 1 fully saturated rings. The van der Waals surface area contributed by atoms with Gasteiger partial charge in [-0.15, -0.1) is 0 Å². The summed E-state index contributed by atoms with van der Waals surface area (Å²) in [6.45, 7) is 1.40. The third kappa shape index (κ3) is 1.58. The van der Waals surface area contributed by atoms with Crippen molar-refractivity contribution in [2.24, 2.45) is 0 Å². The Morgan fingerprint density at radius 3 is 2.95 bits per heavy atom. The Bertz CT molecular complexity index is 605. The van der Waals surface area contributed by atoms with Crippen LogP contribution in [0.25, 0.3) is 0 Å². The summed E-state index contributed by atoms with van der Waals surface area (Å²) in [5.74, 6) is 1.94. The summed E-state index contributed by atoms with van der Waals surface area (Å²) in [7, 11) is 0. The summed E-state index contributed by atoms with van der Waals surface area (Å²) in [4.78, 5) is 0. The van der Waals surface area contributed by atoms with E-state index in [2.05, 4.69) is 11.4 Å². The predicted octanol–water partition coefficient (Wildman–Crippen LogP) is 2.18. The molecule has 5 rings (SSSR count). The first-order valence-corrected chi connectivity index (χ1v) is 8.14. The fraction of sp³-hybridized carbons (Fsp3) is 0.647. The van der Waals surface area contributed by atoms with Crippen LogP contribution in [0.15, 0.2) is 6.07 Å². The number of aliphatic hydroxyl groups is 1. The van der Waals surface area contributed by atoms with Crippen molar-refractivity contribution in [3.8, 4) is 11.5 Å². The van der Waals surface area contributed by atoms with Gasteiger partial charge in [-0.1, -0.05) is 0 Å². The molecule has 0 unspecified atom stereocenters. The average molecular weight is 287 g/mol. The van der Waals surface area contributed by atoms with E-state index in [1.54, 1.807) is 0 Å². The van der Waals surface area contributed by atoms with E-state index in [1.165, 1.54) is 16.7 Å². The van der Waals surface area contributed by atoms with Gasteiger partial charge in [0.05, 0.1) is 6.10 Å². The molecule has 0 aromatic heterocycles. The summed E-state index contributed by atoms with van der Waals surface area (Å²) >= 11 is 0. The first kappa shape index (κ1) is 12.3. The van der Waals surface area contributed by atoms with Gasteiger partial charge >= 0.3 is 0 Å². The predicted molar refractivity (Wildman–Crippen MR) is 77.8 cm³/mol. The summed E-state index contributed by atoms with van der Waals surface area (Å²) in [6.07, 6.45) is 6.07. The lowest BCUT2D eigenvalue weighted by Gasteiger charge is -2.37. The Balaban J connectivity index is 1.72. The van der Waals surface area contributed by atoms with Crippen LogP contribution >= 0.6 is 0 Å². The van der Waals surface area contributed by atoms with Crippen molar-refractivity contribution in [1.29, 1.82) is 0 Å². The van der Waals surface area contributed by atoms with Gasteiger partial charge in [-0.05, 0) is 62.3 Å². The highest BCUT2D eigenvalue weighted by atomic mass is 16.7. The lowest BCUT2D eigenvalue weighted by molar-refractivity contribution is 0.0914. The van der Waals surface area contributed by atoms with E-state index < -0.39 is 0 Å². The fourth-order valence-corrected chi connectivity index (χ4v) is 5.00. The number of rotatable bonds is 0. The van der Waals surface area contributed by atoms with E-state index in [1.807, 2.05) is 0 Å². The largest absolute Gasteiger partial charge is 0.454 e. The minimum atomic E-state index is -0.121. The Labute approximate surface area is 124 Å². The van der Waals surface area contributed by atoms with Gasteiger partial charge in [0, 0.05) is 17.0 Å². The molecule has 1 aromatic carbocycles. The van der Waals surface area contributed by atoms with Crippen LogP contribution < -0.4 is 14.8 Å². The highest BCUT2D eigenvalue weighted by Crippen LogP contribution is 2.60. The molecular formula is C17H21NO3. The maximum Gasteiger partial charge on any atom is 0.231 e. The molecule has 4 nitrogen and oxygen atoms in total. The van der Waals surface area contributed by atoms with Gasteiger partial charge in [0.25, 0.3) is 0 Å². The monoisotopic (exact) mass is 287 g/mol. The van der Waals surface area contributed by atoms with Crippen LogP contribution in [-0.2, 0) is 11.8 Å². The Hall–Kier alpha value is -1.26. The molecule has 2 heterocycles. The molecule has 112 valence electrons. The van der Waals surface area contributed by atoms with Crippen LogP contribution in [0, 0.1) is 0 Å². The first-order chi connectivity index (χ1) is 10.3. The molecule has 0 saturated heterocycles. The molecule has 1 atom stereocenters. The number of hydrogen-bond acceptors (Lipinski definition) is 4. The maximum absolute atomic E-state index is 9.91. The smallest absolute Gasteiger partial charge is 0.231 e. The minimum absolute atomic E-state index is 0.121. The normalized spacial score (nSPS) is 36.0. The molecule has 2 aliphatic heterocycles. The number of benzene rings is 1. The van der Waals surface area contributed by atoms with Gasteiger partial charge in [-0.25, -0.2) is 0 Å². The van der Waals surface area contributed by atoms with Gasteiger partial charge in [-0.2, -0.15) is 0 Å². The summed E-state index contributed by atoms with van der Waals surface area (Å²) in [5, 5.41) is 13.6. The van der Waals surface area contributed by atoms with Crippen molar-refractivity contribution in [1.82, 2.24) is 5.32 Å². The fourth-order valence-electron chi connectivity index (χ4n) is 5.00. The van der Waals surface area contributed by atoms with Crippen molar-refractivity contribution in [2.45, 2.75) is 56.1 Å². The number of nitrogens with one attached hydrogen (secondary N) is 1. The van der Waals surface area contributed by atoms with Crippen molar-refractivity contribution >= 4 is 0 Å². The molecule has 2 aliphatic carbocycles. The molecule has 1 saturated carbocycles. The second-order valence-electron chi connectivity index (χ2n) is 7.03. The van der Waals surface area contributed by atoms with Crippen molar-refractivity contribution < 1.29 is 14.6 Å². The second kappa shape index (κ2) is 4.14. The highest BCUT2D eigenvalue weighted by molar-refractivity contribution is 5.63. The van der Waals surface area contributed by atoms with E-state index in [9.17, 15) is 5.11 Å². The zero-order chi connectivity index (χ0) is 14.0. The van der Waals surface area contributed by atoms with Crippen molar-refractivity contribution in [3.63, 3.8) is 0 Å². The van der Waals surface area contributed by atoms with Crippen molar-refractivity contribution in [2.75, 3.05) is 13.3 Å². The topological polar surface area (TPSA) is 50.7 Å². The lowest BCUT2D eigenvalue weighted by atomic mass is 9.69. The Kier molecular flexibility index (Phi) is 2.43. The van der Waals surface area contributed by atoms with Crippen LogP contribution in [0.1, 0.15) is 54.8 Å². The summed E-state index contributed by atoms with van der Waals surface area (Å²) in [6, 6.07) is 2.67. The molecule has 4 aliphatic rings. The van der Waals surface area contributed by atoms with Crippen LogP contribution in [0.3, 0.4) is 0 Å². The van der Waals surface area contributed by atoms with Gasteiger partial charge in [0.2, 0.25) is 6.79 Å². The van der Waals surface area contributed by atoms with Crippen LogP contribution in [-0.4, -0.2) is 24.5 Å². The van der Waals surface area contributed by atoms with E-state index >= 15 is 0 Å². The standard InChI is InChI=1S/C17H21NO3/c19-11-1-4-17(5-2-11)8-12-14-10(3-6-18-12)7-13-16(15(14)17)21-9-20-13/h7,11-12,18-19H,1-6,8-9H2/t11?,12-,17?/m1/s1. The Morgan fingerprint density at radius 2 is 2.10 bits per heavy atom. The zero-order valence-corrected chi connectivity index (χ0v) is 12.2. The minimum Gasteiger partial charge on any atom is -0.454 e. The second-order valence-corrected chi connectivity index (χ2v) is 7.03. The van der Waals surface area contributed by atoms with E-state index in [-0.39, 0.29) is 11.5 Å². The number of ether oxygens (including phenoxy) is 2. The molecule has 0 amide bonds. The summed E-state index contributed by atoms with van der Waals surface area (Å²) in [5.41, 5.74) is 4.53. The summed E-state index contributed by atoms with van der Waals surface area (Å²) < 4.78 is 11.5. The highest BCUT2D eigenvalue weighted by Gasteiger charge is 2.50. The number of aliphatic hydroxyl groups excluding tert-OH is 1. The molecule has 4 heteroatoms. The van der Waals surface area contributed by atoms with E-state index in [0.29, 0.717) is 12.8 Å². The van der Waals surface area contributed by atoms with Gasteiger partial charge in [0.15, 0.2) is 11.5 Å². The number of fused-ring (bicyclic) bond motifs is 3. The molecule has 0 radical (unpaired) electrons. The van der Waals surface area contributed by atoms with Gasteiger partial charge < -0.3 is 19.9 Å². The van der Waals surface area contributed by atoms with Gasteiger partial charge in [-0.3, -0.25) is 0 Å². The molecule has 1 aromatic rings. The van der Waals surface area contributed by atoms with Crippen LogP contribution in [0.2, 0.25) is 0 Å². The van der Waals surface area contributed by atoms with E-state index in [0.717, 1.165) is 56.6 Å². The van der Waals surface area contributed by atoms with Crippen LogP contribution in [0.4, 0.5) is 0 Å². The SMILES string of the molecule is OC1CCC2(CC1)C[C@H]1NCCc3cc4c(c2c31)OCO4. The average Bonchev–Trinajstić information content (AvgIpc) is 3.07. The zero-order valence-electron chi connectivity index (χ0n) is 12.2. The molecule has 0 bridgehead atoms. The number of hydrogen-bond donors (Lipinski definition) is 2. The quantitative estimate of drug-likeness (QED) is 0.768. The Morgan fingerprint density at radius 1 is 1.24 bits per heavy atom. The van der Waals surface area contributed by atoms with Gasteiger partial charge in [0.1, 0.15) is 0 Å². The van der Waals surface area contributed by atoms with E-state index in [4.69, 9.17) is 9.47 Å². The first-order valence-electron chi connectivity index (χ1n) is 8.14. The maximum atomic E-state index is 9.91. The molecule has 2 N–H and O–H groups in total. The third-order valence-electron chi connectivity index (χ3n) is 5.96. The molecule has 1 spiro atoms. The van der Waals surface area contributed by atoms with Crippen molar-refractivity contribution in [3.05, 3.63) is 22.8 Å². The molecule has 21 heavy (non-hydrogen) atoms.